The summed E-state index contributed by atoms with van der Waals surface area (Å²) in [6, 6.07) is 0. The van der Waals surface area contributed by atoms with Crippen molar-refractivity contribution >= 4 is 5.78 Å². The largest absolute Gasteiger partial charge is 0.300 e. The van der Waals surface area contributed by atoms with Gasteiger partial charge in [-0.05, 0) is 85.4 Å². The van der Waals surface area contributed by atoms with Crippen molar-refractivity contribution in [1.29, 1.82) is 0 Å². The molecule has 1 heteroatoms. The maximum Gasteiger partial charge on any atom is 0.133 e. The molecule has 118 valence electrons. The number of carbonyl (C=O) groups is 1. The number of fused-ring (bicyclic) bond motifs is 5. The van der Waals surface area contributed by atoms with E-state index in [0.29, 0.717) is 22.5 Å². The van der Waals surface area contributed by atoms with E-state index in [-0.39, 0.29) is 0 Å². The molecule has 4 aliphatic carbocycles. The van der Waals surface area contributed by atoms with E-state index in [1.54, 1.807) is 0 Å². The smallest absolute Gasteiger partial charge is 0.133 e. The van der Waals surface area contributed by atoms with Gasteiger partial charge in [-0.1, -0.05) is 20.8 Å². The highest BCUT2D eigenvalue weighted by molar-refractivity contribution is 5.79. The third-order valence-corrected chi connectivity index (χ3v) is 8.96. The van der Waals surface area contributed by atoms with Crippen molar-refractivity contribution in [3.63, 3.8) is 0 Å². The lowest BCUT2D eigenvalue weighted by molar-refractivity contribution is -0.139. The molecular weight excluding hydrogens is 256 g/mol. The summed E-state index contributed by atoms with van der Waals surface area (Å²) in [6.07, 6.45) is 11.6. The fraction of sp³-hybridized carbons (Fsp3) is 0.950. The Bertz CT molecular complexity index is 455. The minimum atomic E-state index is 0.490. The molecule has 4 aliphatic rings. The van der Waals surface area contributed by atoms with E-state index in [1.807, 2.05) is 0 Å². The Morgan fingerprint density at radius 1 is 0.905 bits per heavy atom. The zero-order valence-electron chi connectivity index (χ0n) is 14.2. The first-order valence-electron chi connectivity index (χ1n) is 9.47. The van der Waals surface area contributed by atoms with E-state index < -0.39 is 0 Å². The molecule has 4 rings (SSSR count). The molecule has 0 heterocycles. The standard InChI is InChI=1S/C20H32O/c1-13-4-7-17-16-6-5-14-12-15(21)8-10-20(14,3)18(16)9-11-19(13,17)2/h13-14,16-18H,4-12H2,1-3H3/t13-,14-,16?,17?,18?,19+,20-/m0/s1. The van der Waals surface area contributed by atoms with Gasteiger partial charge in [0.15, 0.2) is 0 Å². The van der Waals surface area contributed by atoms with Gasteiger partial charge in [0.1, 0.15) is 5.78 Å². The number of hydrogen-bond acceptors (Lipinski definition) is 1. The lowest BCUT2D eigenvalue weighted by Crippen LogP contribution is -2.53. The molecule has 0 N–H and O–H groups in total. The van der Waals surface area contributed by atoms with Crippen molar-refractivity contribution in [3.05, 3.63) is 0 Å². The molecule has 21 heavy (non-hydrogen) atoms. The second-order valence-corrected chi connectivity index (χ2v) is 9.42. The zero-order chi connectivity index (χ0) is 14.8. The summed E-state index contributed by atoms with van der Waals surface area (Å²) < 4.78 is 0. The van der Waals surface area contributed by atoms with Crippen LogP contribution in [0.25, 0.3) is 0 Å². The highest BCUT2D eigenvalue weighted by Crippen LogP contribution is 2.67. The van der Waals surface area contributed by atoms with Crippen molar-refractivity contribution in [2.75, 3.05) is 0 Å². The van der Waals surface area contributed by atoms with Gasteiger partial charge < -0.3 is 0 Å². The second kappa shape index (κ2) is 4.59. The molecular formula is C20H32O. The molecule has 0 aromatic heterocycles. The lowest BCUT2D eigenvalue weighted by atomic mass is 9.45. The lowest BCUT2D eigenvalue weighted by Gasteiger charge is -2.60. The molecule has 3 unspecified atom stereocenters. The number of ketones is 1. The fourth-order valence-corrected chi connectivity index (χ4v) is 7.31. The zero-order valence-corrected chi connectivity index (χ0v) is 14.2. The Morgan fingerprint density at radius 3 is 2.48 bits per heavy atom. The van der Waals surface area contributed by atoms with Gasteiger partial charge in [0.05, 0.1) is 0 Å². The molecule has 0 aliphatic heterocycles. The van der Waals surface area contributed by atoms with Crippen LogP contribution in [-0.2, 0) is 4.79 Å². The topological polar surface area (TPSA) is 17.1 Å². The summed E-state index contributed by atoms with van der Waals surface area (Å²) in [5, 5.41) is 0. The number of carbonyl (C=O) groups excluding carboxylic acids is 1. The molecule has 0 spiro atoms. The predicted molar refractivity (Wildman–Crippen MR) is 85.9 cm³/mol. The summed E-state index contributed by atoms with van der Waals surface area (Å²) in [6.45, 7) is 7.67. The highest BCUT2D eigenvalue weighted by Gasteiger charge is 2.59. The molecule has 0 radical (unpaired) electrons. The third kappa shape index (κ3) is 1.85. The van der Waals surface area contributed by atoms with Crippen molar-refractivity contribution in [2.45, 2.75) is 78.6 Å². The van der Waals surface area contributed by atoms with E-state index in [1.165, 1.54) is 44.9 Å². The Balaban J connectivity index is 1.64. The fourth-order valence-electron chi connectivity index (χ4n) is 7.31. The van der Waals surface area contributed by atoms with E-state index in [0.717, 1.165) is 36.5 Å². The van der Waals surface area contributed by atoms with Crippen LogP contribution >= 0.6 is 0 Å². The maximum atomic E-state index is 11.9. The van der Waals surface area contributed by atoms with Crippen molar-refractivity contribution in [1.82, 2.24) is 0 Å². The predicted octanol–water partition coefficient (Wildman–Crippen LogP) is 5.23. The minimum Gasteiger partial charge on any atom is -0.300 e. The summed E-state index contributed by atoms with van der Waals surface area (Å²) >= 11 is 0. The maximum absolute atomic E-state index is 11.9. The molecule has 4 saturated carbocycles. The molecule has 4 fully saturated rings. The molecule has 0 saturated heterocycles. The van der Waals surface area contributed by atoms with Crippen LogP contribution in [0.4, 0.5) is 0 Å². The van der Waals surface area contributed by atoms with Crippen LogP contribution in [0, 0.1) is 40.4 Å². The number of rotatable bonds is 0. The first-order valence-corrected chi connectivity index (χ1v) is 9.47. The average Bonchev–Trinajstić information content (AvgIpc) is 2.76. The van der Waals surface area contributed by atoms with Crippen LogP contribution in [0.1, 0.15) is 78.6 Å². The van der Waals surface area contributed by atoms with Gasteiger partial charge in [-0.2, -0.15) is 0 Å². The van der Waals surface area contributed by atoms with E-state index in [2.05, 4.69) is 20.8 Å². The van der Waals surface area contributed by atoms with Crippen molar-refractivity contribution < 1.29 is 4.79 Å². The highest BCUT2D eigenvalue weighted by atomic mass is 16.1. The average molecular weight is 288 g/mol. The Labute approximate surface area is 130 Å². The van der Waals surface area contributed by atoms with Gasteiger partial charge >= 0.3 is 0 Å². The Kier molecular flexibility index (Phi) is 3.12. The summed E-state index contributed by atoms with van der Waals surface area (Å²) in [4.78, 5) is 11.9. The second-order valence-electron chi connectivity index (χ2n) is 9.42. The number of Topliss-reactive ketones (excluding diaryl/α,β-unsaturated/α-hetero) is 1. The van der Waals surface area contributed by atoms with E-state index >= 15 is 0 Å². The summed E-state index contributed by atoms with van der Waals surface area (Å²) in [5.41, 5.74) is 1.12. The molecule has 0 aromatic carbocycles. The molecule has 0 bridgehead atoms. The van der Waals surface area contributed by atoms with Crippen LogP contribution in [-0.4, -0.2) is 5.78 Å². The monoisotopic (exact) mass is 288 g/mol. The van der Waals surface area contributed by atoms with Gasteiger partial charge in [-0.15, -0.1) is 0 Å². The van der Waals surface area contributed by atoms with Gasteiger partial charge in [-0.3, -0.25) is 4.79 Å². The van der Waals surface area contributed by atoms with Gasteiger partial charge in [-0.25, -0.2) is 0 Å². The minimum absolute atomic E-state index is 0.490. The van der Waals surface area contributed by atoms with Crippen molar-refractivity contribution in [3.8, 4) is 0 Å². The van der Waals surface area contributed by atoms with E-state index in [4.69, 9.17) is 0 Å². The van der Waals surface area contributed by atoms with Crippen molar-refractivity contribution in [2.24, 2.45) is 40.4 Å². The first kappa shape index (κ1) is 14.3. The molecule has 0 aromatic rings. The van der Waals surface area contributed by atoms with Crippen LogP contribution in [0.5, 0.6) is 0 Å². The Hall–Kier alpha value is -0.330. The molecule has 0 amide bonds. The summed E-state index contributed by atoms with van der Waals surface area (Å²) in [5.74, 6) is 5.08. The van der Waals surface area contributed by atoms with Crippen LogP contribution in [0.3, 0.4) is 0 Å². The quantitative estimate of drug-likeness (QED) is 0.596. The summed E-state index contributed by atoms with van der Waals surface area (Å²) in [7, 11) is 0. The normalized spacial score (nSPS) is 56.5. The van der Waals surface area contributed by atoms with Gasteiger partial charge in [0, 0.05) is 12.8 Å². The van der Waals surface area contributed by atoms with Crippen LogP contribution < -0.4 is 0 Å². The third-order valence-electron chi connectivity index (χ3n) is 8.96. The number of hydrogen-bond donors (Lipinski definition) is 0. The van der Waals surface area contributed by atoms with E-state index in [9.17, 15) is 4.79 Å². The van der Waals surface area contributed by atoms with Crippen LogP contribution in [0.2, 0.25) is 0 Å². The SMILES string of the molecule is C[C@H]1CCC2C3CC[C@H]4CC(=O)CC[C@]4(C)C3CC[C@@]21C. The molecule has 7 atom stereocenters. The first-order chi connectivity index (χ1) is 9.95. The van der Waals surface area contributed by atoms with Crippen LogP contribution in [0.15, 0.2) is 0 Å². The molecule has 1 nitrogen and oxygen atoms in total. The van der Waals surface area contributed by atoms with Gasteiger partial charge in [0.25, 0.3) is 0 Å². The Morgan fingerprint density at radius 2 is 1.67 bits per heavy atom. The van der Waals surface area contributed by atoms with Gasteiger partial charge in [0.2, 0.25) is 0 Å².